The van der Waals surface area contributed by atoms with Crippen molar-refractivity contribution in [1.29, 1.82) is 0 Å². The lowest BCUT2D eigenvalue weighted by Gasteiger charge is -2.28. The van der Waals surface area contributed by atoms with Gasteiger partial charge in [-0.25, -0.2) is 0 Å². The molecule has 1 aromatic heterocycles. The van der Waals surface area contributed by atoms with Crippen LogP contribution in [0.5, 0.6) is 0 Å². The van der Waals surface area contributed by atoms with Crippen LogP contribution in [-0.2, 0) is 6.54 Å². The number of aryl methyl sites for hydroxylation is 1. The quantitative estimate of drug-likeness (QED) is 0.686. The first-order valence-electron chi connectivity index (χ1n) is 9.64. The van der Waals surface area contributed by atoms with Gasteiger partial charge in [0.1, 0.15) is 0 Å². The summed E-state index contributed by atoms with van der Waals surface area (Å²) in [5.74, 6) is 0.562. The van der Waals surface area contributed by atoms with Crippen molar-refractivity contribution in [3.8, 4) is 5.69 Å². The maximum Gasteiger partial charge on any atom is 0.321 e. The van der Waals surface area contributed by atoms with Gasteiger partial charge in [-0.2, -0.15) is 0 Å². The third kappa shape index (κ3) is 3.09. The Morgan fingerprint density at radius 3 is 2.50 bits per heavy atom. The molecule has 1 aliphatic heterocycles. The van der Waals surface area contributed by atoms with Gasteiger partial charge >= 0.3 is 11.1 Å². The van der Waals surface area contributed by atoms with Gasteiger partial charge in [0.25, 0.3) is 0 Å². The van der Waals surface area contributed by atoms with E-state index in [1.54, 1.807) is 21.3 Å². The molecule has 0 aliphatic carbocycles. The third-order valence-corrected chi connectivity index (χ3v) is 5.76. The van der Waals surface area contributed by atoms with Gasteiger partial charge in [-0.15, -0.1) is 0 Å². The first kappa shape index (κ1) is 19.0. The number of rotatable bonds is 4. The number of nitrogens with zero attached hydrogens (tertiary/aromatic N) is 2. The summed E-state index contributed by atoms with van der Waals surface area (Å²) in [6, 6.07) is 11.4. The summed E-state index contributed by atoms with van der Waals surface area (Å²) < 4.78 is 3.17. The Bertz CT molecular complexity index is 1170. The molecule has 1 fully saturated rings. The van der Waals surface area contributed by atoms with Gasteiger partial charge in [0, 0.05) is 30.6 Å². The molecule has 5 nitrogen and oxygen atoms in total. The molecule has 1 N–H and O–H groups in total. The van der Waals surface area contributed by atoms with Gasteiger partial charge in [-0.05, 0) is 42.2 Å². The highest BCUT2D eigenvalue weighted by atomic mass is 35.5. The van der Waals surface area contributed by atoms with Crippen molar-refractivity contribution in [3.05, 3.63) is 73.3 Å². The van der Waals surface area contributed by atoms with E-state index in [-0.39, 0.29) is 5.92 Å². The lowest BCUT2D eigenvalue weighted by molar-refractivity contribution is 0.306. The highest BCUT2D eigenvalue weighted by molar-refractivity contribution is 6.31. The van der Waals surface area contributed by atoms with Crippen molar-refractivity contribution in [2.45, 2.75) is 33.2 Å². The van der Waals surface area contributed by atoms with Gasteiger partial charge in [0.15, 0.2) is 0 Å². The van der Waals surface area contributed by atoms with Crippen LogP contribution in [0.15, 0.2) is 46.0 Å². The van der Waals surface area contributed by atoms with E-state index >= 15 is 0 Å². The van der Waals surface area contributed by atoms with Crippen molar-refractivity contribution in [2.24, 2.45) is 5.92 Å². The Morgan fingerprint density at radius 2 is 1.86 bits per heavy atom. The summed E-state index contributed by atoms with van der Waals surface area (Å²) in [5.41, 5.74) is 3.19. The molecule has 6 heteroatoms. The van der Waals surface area contributed by atoms with Crippen LogP contribution in [0.25, 0.3) is 16.7 Å². The lowest BCUT2D eigenvalue weighted by Crippen LogP contribution is -2.48. The van der Waals surface area contributed by atoms with Gasteiger partial charge in [0.2, 0.25) is 0 Å². The van der Waals surface area contributed by atoms with Crippen LogP contribution < -0.4 is 16.4 Å². The molecule has 0 amide bonds. The number of nitrogens with one attached hydrogen (secondary N) is 1. The number of para-hydroxylation sites is 1. The molecule has 0 radical (unpaired) electrons. The predicted octanol–water partition coefficient (Wildman–Crippen LogP) is 3.46. The first-order valence-corrected chi connectivity index (χ1v) is 10.0. The largest absolute Gasteiger partial charge is 0.321 e. The molecule has 1 aliphatic rings. The van der Waals surface area contributed by atoms with E-state index in [4.69, 9.17) is 11.6 Å². The summed E-state index contributed by atoms with van der Waals surface area (Å²) in [7, 11) is 0. The van der Waals surface area contributed by atoms with Gasteiger partial charge < -0.3 is 9.88 Å². The van der Waals surface area contributed by atoms with Crippen LogP contribution in [-0.4, -0.2) is 22.2 Å². The second-order valence-electron chi connectivity index (χ2n) is 7.88. The summed E-state index contributed by atoms with van der Waals surface area (Å²) in [6.07, 6.45) is 0. The molecule has 0 atom stereocenters. The standard InChI is InChI=1S/C22H24ClN3O2/c1-13(2)17-6-4-5-14(3)20(17)26-18-8-7-16(23)9-19(18)25(21(27)22(26)28)12-15-10-24-11-15/h4-9,13,15,24H,10-12H2,1-3H3. The van der Waals surface area contributed by atoms with Crippen LogP contribution >= 0.6 is 11.6 Å². The van der Waals surface area contributed by atoms with Crippen molar-refractivity contribution in [2.75, 3.05) is 13.1 Å². The Morgan fingerprint density at radius 1 is 1.11 bits per heavy atom. The second kappa shape index (κ2) is 7.22. The summed E-state index contributed by atoms with van der Waals surface area (Å²) in [6.45, 7) is 8.38. The molecule has 4 rings (SSSR count). The highest BCUT2D eigenvalue weighted by Gasteiger charge is 2.23. The molecule has 0 unspecified atom stereocenters. The third-order valence-electron chi connectivity index (χ3n) is 5.52. The minimum atomic E-state index is -0.515. The molecule has 0 spiro atoms. The lowest BCUT2D eigenvalue weighted by atomic mass is 9.97. The molecule has 2 aromatic carbocycles. The average molecular weight is 398 g/mol. The van der Waals surface area contributed by atoms with Crippen LogP contribution in [0.2, 0.25) is 5.02 Å². The maximum absolute atomic E-state index is 13.3. The number of aromatic nitrogens is 2. The van der Waals surface area contributed by atoms with Crippen LogP contribution in [0, 0.1) is 12.8 Å². The van der Waals surface area contributed by atoms with E-state index in [2.05, 4.69) is 19.2 Å². The van der Waals surface area contributed by atoms with E-state index in [9.17, 15) is 9.59 Å². The van der Waals surface area contributed by atoms with Crippen molar-refractivity contribution in [1.82, 2.24) is 14.5 Å². The molecule has 2 heterocycles. The van der Waals surface area contributed by atoms with Crippen molar-refractivity contribution >= 4 is 22.6 Å². The van der Waals surface area contributed by atoms with Crippen LogP contribution in [0.4, 0.5) is 0 Å². The Balaban J connectivity index is 2.10. The Kier molecular flexibility index (Phi) is 4.89. The summed E-state index contributed by atoms with van der Waals surface area (Å²) >= 11 is 6.26. The number of hydrogen-bond acceptors (Lipinski definition) is 3. The molecule has 1 saturated heterocycles. The van der Waals surface area contributed by atoms with E-state index in [1.165, 1.54) is 0 Å². The number of benzene rings is 2. The SMILES string of the molecule is Cc1cccc(C(C)C)c1-n1c(=O)c(=O)n(CC2CNC2)c2cc(Cl)ccc21. The van der Waals surface area contributed by atoms with E-state index in [0.29, 0.717) is 28.5 Å². The topological polar surface area (TPSA) is 56.0 Å². The van der Waals surface area contributed by atoms with Crippen molar-refractivity contribution < 1.29 is 0 Å². The van der Waals surface area contributed by atoms with Gasteiger partial charge in [-0.1, -0.05) is 43.6 Å². The van der Waals surface area contributed by atoms with Gasteiger partial charge in [-0.3, -0.25) is 14.2 Å². The molecule has 3 aromatic rings. The van der Waals surface area contributed by atoms with Crippen LogP contribution in [0.1, 0.15) is 30.9 Å². The monoisotopic (exact) mass is 397 g/mol. The Hall–Kier alpha value is -2.37. The first-order chi connectivity index (χ1) is 13.4. The Labute approximate surface area is 168 Å². The molecular formula is C22H24ClN3O2. The second-order valence-corrected chi connectivity index (χ2v) is 8.32. The number of halogens is 1. The summed E-state index contributed by atoms with van der Waals surface area (Å²) in [4.78, 5) is 26.4. The zero-order chi connectivity index (χ0) is 20.0. The molecule has 146 valence electrons. The number of hydrogen-bond donors (Lipinski definition) is 1. The normalized spacial score (nSPS) is 14.6. The maximum atomic E-state index is 13.3. The molecule has 28 heavy (non-hydrogen) atoms. The molecule has 0 bridgehead atoms. The fourth-order valence-corrected chi connectivity index (χ4v) is 4.09. The average Bonchev–Trinajstić information content (AvgIpc) is 2.62. The van der Waals surface area contributed by atoms with Crippen molar-refractivity contribution in [3.63, 3.8) is 0 Å². The fourth-order valence-electron chi connectivity index (χ4n) is 3.92. The smallest absolute Gasteiger partial charge is 0.316 e. The van der Waals surface area contributed by atoms with E-state index in [0.717, 1.165) is 29.9 Å². The van der Waals surface area contributed by atoms with Crippen LogP contribution in [0.3, 0.4) is 0 Å². The zero-order valence-corrected chi connectivity index (χ0v) is 17.1. The number of fused-ring (bicyclic) bond motifs is 1. The minimum Gasteiger partial charge on any atom is -0.316 e. The van der Waals surface area contributed by atoms with E-state index in [1.807, 2.05) is 31.2 Å². The molecule has 0 saturated carbocycles. The zero-order valence-electron chi connectivity index (χ0n) is 16.3. The fraction of sp³-hybridized carbons (Fsp3) is 0.364. The minimum absolute atomic E-state index is 0.215. The summed E-state index contributed by atoms with van der Waals surface area (Å²) in [5, 5.41) is 3.76. The molecular weight excluding hydrogens is 374 g/mol. The van der Waals surface area contributed by atoms with Gasteiger partial charge in [0.05, 0.1) is 16.7 Å². The van der Waals surface area contributed by atoms with E-state index < -0.39 is 11.1 Å². The predicted molar refractivity (Wildman–Crippen MR) is 114 cm³/mol. The highest BCUT2D eigenvalue weighted by Crippen LogP contribution is 2.28.